The number of esters is 1. The minimum Gasteiger partial charge on any atom is -0.492 e. The van der Waals surface area contributed by atoms with Gasteiger partial charge < -0.3 is 55.4 Å². The van der Waals surface area contributed by atoms with Gasteiger partial charge in [-0.25, -0.2) is 19.6 Å². The second kappa shape index (κ2) is 20.9. The largest absolute Gasteiger partial charge is 0.492 e. The maximum absolute atomic E-state index is 13.2. The highest BCUT2D eigenvalue weighted by molar-refractivity contribution is 5.97. The smallest absolute Gasteiger partial charge is 0.407 e. The van der Waals surface area contributed by atoms with E-state index in [0.29, 0.717) is 51.1 Å². The lowest BCUT2D eigenvalue weighted by Gasteiger charge is -2.24. The molecule has 0 saturated heterocycles. The molecule has 0 aliphatic heterocycles. The predicted octanol–water partition coefficient (Wildman–Crippen LogP) is 2.39. The third-order valence-electron chi connectivity index (χ3n) is 7.14. The van der Waals surface area contributed by atoms with Crippen LogP contribution in [0.1, 0.15) is 64.7 Å². The van der Waals surface area contributed by atoms with Gasteiger partial charge in [-0.1, -0.05) is 0 Å². The fourth-order valence-corrected chi connectivity index (χ4v) is 4.60. The van der Waals surface area contributed by atoms with Gasteiger partial charge in [0, 0.05) is 37.8 Å². The normalized spacial score (nSPS) is 12.1. The molecule has 0 saturated carbocycles. The number of nitrogens with two attached hydrogens (primary N) is 1. The fraction of sp³-hybridized carbons (Fsp3) is 0.556. The molecule has 3 rings (SSSR count). The second-order valence-electron chi connectivity index (χ2n) is 14.1. The molecular formula is C36H53N9O10. The van der Waals surface area contributed by atoms with Crippen molar-refractivity contribution < 1.29 is 48.0 Å². The van der Waals surface area contributed by atoms with Gasteiger partial charge in [-0.2, -0.15) is 9.97 Å². The first-order valence-electron chi connectivity index (χ1n) is 17.8. The fourth-order valence-electron chi connectivity index (χ4n) is 4.60. The highest BCUT2D eigenvalue weighted by Gasteiger charge is 2.28. The molecule has 19 nitrogen and oxygen atoms in total. The number of benzene rings is 1. The number of hydrogen-bond acceptors (Lipinski definition) is 16. The molecule has 19 heteroatoms. The van der Waals surface area contributed by atoms with E-state index in [1.54, 1.807) is 77.8 Å². The van der Waals surface area contributed by atoms with Crippen molar-refractivity contribution in [2.45, 2.75) is 71.6 Å². The zero-order valence-corrected chi connectivity index (χ0v) is 32.5. The molecule has 0 spiro atoms. The van der Waals surface area contributed by atoms with Crippen LogP contribution in [0.2, 0.25) is 0 Å². The Labute approximate surface area is 320 Å². The minimum absolute atomic E-state index is 0.00395. The Balaban J connectivity index is 1.38. The first-order chi connectivity index (χ1) is 25.9. The van der Waals surface area contributed by atoms with Crippen LogP contribution in [0.3, 0.4) is 0 Å². The summed E-state index contributed by atoms with van der Waals surface area (Å²) in [5.74, 6) is -1.68. The molecule has 0 bridgehead atoms. The van der Waals surface area contributed by atoms with Gasteiger partial charge in [-0.05, 0) is 72.2 Å². The van der Waals surface area contributed by atoms with Gasteiger partial charge in [0.25, 0.3) is 5.91 Å². The van der Waals surface area contributed by atoms with E-state index in [-0.39, 0.29) is 54.6 Å². The Morgan fingerprint density at radius 2 is 1.40 bits per heavy atom. The van der Waals surface area contributed by atoms with E-state index in [2.05, 4.69) is 35.9 Å². The zero-order chi connectivity index (χ0) is 40.6. The SMILES string of the molecule is CN(c1ccc(C(=O)NC(CCC(=O)NCCOCCOCCOCCNC(=O)OC(C)(C)C)C(=O)OC(C)(C)C)cc1)c1cnc2nc(N)nc(O)c2n1. The highest BCUT2D eigenvalue weighted by Crippen LogP contribution is 2.26. The van der Waals surface area contributed by atoms with E-state index >= 15 is 0 Å². The lowest BCUT2D eigenvalue weighted by molar-refractivity contribution is -0.157. The van der Waals surface area contributed by atoms with Crippen molar-refractivity contribution in [3.05, 3.63) is 36.0 Å². The van der Waals surface area contributed by atoms with Crippen molar-refractivity contribution in [1.82, 2.24) is 35.9 Å². The van der Waals surface area contributed by atoms with Crippen LogP contribution in [0, 0.1) is 0 Å². The van der Waals surface area contributed by atoms with Gasteiger partial charge in [0.15, 0.2) is 17.0 Å². The molecule has 2 aromatic heterocycles. The van der Waals surface area contributed by atoms with Crippen LogP contribution in [-0.2, 0) is 33.3 Å². The lowest BCUT2D eigenvalue weighted by Crippen LogP contribution is -2.45. The second-order valence-corrected chi connectivity index (χ2v) is 14.1. The third kappa shape index (κ3) is 16.2. The molecule has 2 heterocycles. The number of carbonyl (C=O) groups is 4. The number of nitrogens with zero attached hydrogens (tertiary/aromatic N) is 5. The van der Waals surface area contributed by atoms with Crippen molar-refractivity contribution in [2.24, 2.45) is 0 Å². The lowest BCUT2D eigenvalue weighted by atomic mass is 10.1. The summed E-state index contributed by atoms with van der Waals surface area (Å²) in [6.45, 7) is 13.0. The third-order valence-corrected chi connectivity index (χ3v) is 7.14. The Hall–Kier alpha value is -5.40. The number of aromatic nitrogens is 4. The molecule has 6 N–H and O–H groups in total. The van der Waals surface area contributed by atoms with Crippen LogP contribution >= 0.6 is 0 Å². The molecular weight excluding hydrogens is 718 g/mol. The summed E-state index contributed by atoms with van der Waals surface area (Å²) in [6, 6.07) is 5.41. The molecule has 3 aromatic rings. The van der Waals surface area contributed by atoms with E-state index in [1.165, 1.54) is 6.20 Å². The monoisotopic (exact) mass is 771 g/mol. The Morgan fingerprint density at radius 1 is 0.818 bits per heavy atom. The molecule has 1 unspecified atom stereocenters. The molecule has 0 radical (unpaired) electrons. The molecule has 0 fully saturated rings. The van der Waals surface area contributed by atoms with Crippen molar-refractivity contribution in [1.29, 1.82) is 0 Å². The van der Waals surface area contributed by atoms with Crippen LogP contribution in [0.4, 0.5) is 22.2 Å². The average molecular weight is 772 g/mol. The summed E-state index contributed by atoms with van der Waals surface area (Å²) in [4.78, 5) is 68.3. The molecule has 1 atom stereocenters. The van der Waals surface area contributed by atoms with Gasteiger partial charge in [-0.15, -0.1) is 0 Å². The van der Waals surface area contributed by atoms with Gasteiger partial charge in [-0.3, -0.25) is 9.59 Å². The number of fused-ring (bicyclic) bond motifs is 1. The molecule has 3 amide bonds. The Kier molecular flexibility index (Phi) is 16.7. The first kappa shape index (κ1) is 44.0. The summed E-state index contributed by atoms with van der Waals surface area (Å²) in [5, 5.41) is 18.2. The first-order valence-corrected chi connectivity index (χ1v) is 17.8. The van der Waals surface area contributed by atoms with Gasteiger partial charge in [0.2, 0.25) is 17.7 Å². The van der Waals surface area contributed by atoms with Crippen molar-refractivity contribution in [2.75, 3.05) is 70.4 Å². The summed E-state index contributed by atoms with van der Waals surface area (Å²) in [5.41, 5.74) is 5.32. The molecule has 1 aromatic carbocycles. The number of ether oxygens (including phenoxy) is 5. The van der Waals surface area contributed by atoms with Crippen molar-refractivity contribution in [3.8, 4) is 5.88 Å². The molecule has 55 heavy (non-hydrogen) atoms. The van der Waals surface area contributed by atoms with Crippen molar-refractivity contribution >= 4 is 52.5 Å². The number of anilines is 3. The summed E-state index contributed by atoms with van der Waals surface area (Å²) in [6.07, 6.45) is 0.911. The van der Waals surface area contributed by atoms with E-state index in [0.717, 1.165) is 0 Å². The number of nitrogens with one attached hydrogen (secondary N) is 3. The number of aromatic hydroxyl groups is 1. The van der Waals surface area contributed by atoms with Gasteiger partial charge in [0.05, 0.1) is 45.8 Å². The van der Waals surface area contributed by atoms with Crippen LogP contribution in [0.15, 0.2) is 30.5 Å². The van der Waals surface area contributed by atoms with E-state index in [1.807, 2.05) is 0 Å². The average Bonchev–Trinajstić information content (AvgIpc) is 3.10. The van der Waals surface area contributed by atoms with Crippen LogP contribution in [0.25, 0.3) is 11.2 Å². The Bertz CT molecular complexity index is 1730. The number of rotatable bonds is 20. The van der Waals surface area contributed by atoms with E-state index in [4.69, 9.17) is 29.4 Å². The standard InChI is InChI=1S/C36H53N9O10/c1-35(2,3)54-32(49)25(12-13-27(46)38-14-16-51-18-20-53-21-19-52-17-15-39-34(50)55-36(4,5)6)41-30(47)23-8-10-24(11-9-23)45(7)26-22-40-29-28(42-26)31(48)44-33(37)43-29/h8-11,22,25H,12-21H2,1-7H3,(H,38,46)(H,39,50)(H,41,47)(H3,37,40,43,44,48). The predicted molar refractivity (Wildman–Crippen MR) is 202 cm³/mol. The topological polar surface area (TPSA) is 252 Å². The highest BCUT2D eigenvalue weighted by atomic mass is 16.6. The number of alkyl carbamates (subject to hydrolysis) is 1. The maximum atomic E-state index is 13.2. The van der Waals surface area contributed by atoms with E-state index < -0.39 is 41.1 Å². The zero-order valence-electron chi connectivity index (χ0n) is 32.5. The summed E-state index contributed by atoms with van der Waals surface area (Å²) < 4.78 is 27.0. The number of carbonyl (C=O) groups excluding carboxylic acids is 4. The van der Waals surface area contributed by atoms with Crippen LogP contribution in [0.5, 0.6) is 5.88 Å². The maximum Gasteiger partial charge on any atom is 0.407 e. The number of nitrogen functional groups attached to an aromatic ring is 1. The van der Waals surface area contributed by atoms with Crippen molar-refractivity contribution in [3.63, 3.8) is 0 Å². The van der Waals surface area contributed by atoms with Gasteiger partial charge >= 0.3 is 12.1 Å². The summed E-state index contributed by atoms with van der Waals surface area (Å²) in [7, 11) is 1.72. The number of amides is 3. The molecule has 302 valence electrons. The van der Waals surface area contributed by atoms with Crippen LogP contribution < -0.4 is 26.6 Å². The molecule has 0 aliphatic carbocycles. The number of hydrogen-bond donors (Lipinski definition) is 5. The van der Waals surface area contributed by atoms with E-state index in [9.17, 15) is 24.3 Å². The van der Waals surface area contributed by atoms with Gasteiger partial charge in [0.1, 0.15) is 17.2 Å². The Morgan fingerprint density at radius 3 is 2.00 bits per heavy atom. The molecule has 0 aliphatic rings. The minimum atomic E-state index is -1.09. The van der Waals surface area contributed by atoms with Crippen LogP contribution in [-0.4, -0.2) is 126 Å². The summed E-state index contributed by atoms with van der Waals surface area (Å²) >= 11 is 0. The quantitative estimate of drug-likeness (QED) is 0.0817.